The van der Waals surface area contributed by atoms with Crippen LogP contribution in [0.3, 0.4) is 0 Å². The van der Waals surface area contributed by atoms with Crippen molar-refractivity contribution in [1.82, 2.24) is 5.32 Å². The highest BCUT2D eigenvalue weighted by atomic mass is 16.5. The van der Waals surface area contributed by atoms with Crippen LogP contribution < -0.4 is 10.1 Å². The smallest absolute Gasteiger partial charge is 0.223 e. The van der Waals surface area contributed by atoms with Crippen LogP contribution in [0.4, 0.5) is 0 Å². The Morgan fingerprint density at radius 3 is 2.58 bits per heavy atom. The Hall–Kier alpha value is -2.02. The molecule has 1 rings (SSSR count). The maximum absolute atomic E-state index is 11.6. The van der Waals surface area contributed by atoms with E-state index in [0.29, 0.717) is 19.4 Å². The first kappa shape index (κ1) is 15.0. The molecule has 1 aromatic rings. The summed E-state index contributed by atoms with van der Waals surface area (Å²) in [6, 6.07) is 7.88. The molecule has 0 heterocycles. The van der Waals surface area contributed by atoms with Gasteiger partial charge in [0.2, 0.25) is 5.91 Å². The van der Waals surface area contributed by atoms with Crippen LogP contribution in [0.15, 0.2) is 18.2 Å². The van der Waals surface area contributed by atoms with Crippen molar-refractivity contribution in [3.8, 4) is 11.8 Å². The fraction of sp³-hybridized carbons (Fsp3) is 0.467. The molecule has 1 N–H and O–H groups in total. The topological polar surface area (TPSA) is 62.1 Å². The lowest BCUT2D eigenvalue weighted by Gasteiger charge is -2.11. The normalized spacial score (nSPS) is 11.5. The molecule has 0 radical (unpaired) electrons. The lowest BCUT2D eigenvalue weighted by Crippen LogP contribution is -2.33. The van der Waals surface area contributed by atoms with Crippen molar-refractivity contribution in [1.29, 1.82) is 5.26 Å². The van der Waals surface area contributed by atoms with E-state index in [1.165, 1.54) is 0 Å². The maximum Gasteiger partial charge on any atom is 0.223 e. The van der Waals surface area contributed by atoms with E-state index in [0.717, 1.165) is 16.9 Å². The van der Waals surface area contributed by atoms with E-state index in [9.17, 15) is 4.79 Å². The minimum Gasteiger partial charge on any atom is -0.493 e. The summed E-state index contributed by atoms with van der Waals surface area (Å²) < 4.78 is 5.55. The summed E-state index contributed by atoms with van der Waals surface area (Å²) in [6.07, 6.45) is 0.617. The number of aryl methyl sites for hydroxylation is 2. The third-order valence-electron chi connectivity index (χ3n) is 2.60. The third kappa shape index (κ3) is 5.91. The number of ether oxygens (including phenoxy) is 1. The van der Waals surface area contributed by atoms with Crippen LogP contribution in [-0.4, -0.2) is 18.6 Å². The molecule has 0 aliphatic rings. The molecule has 4 nitrogen and oxygen atoms in total. The molecule has 0 aromatic heterocycles. The summed E-state index contributed by atoms with van der Waals surface area (Å²) in [7, 11) is 0. The Morgan fingerprint density at radius 1 is 1.37 bits per heavy atom. The molecule has 0 saturated heterocycles. The Labute approximate surface area is 114 Å². The Kier molecular flexibility index (Phi) is 5.87. The molecule has 19 heavy (non-hydrogen) atoms. The van der Waals surface area contributed by atoms with Crippen LogP contribution in [0.25, 0.3) is 0 Å². The van der Waals surface area contributed by atoms with Gasteiger partial charge in [-0.3, -0.25) is 4.79 Å². The van der Waals surface area contributed by atoms with Gasteiger partial charge in [-0.1, -0.05) is 6.07 Å². The third-order valence-corrected chi connectivity index (χ3v) is 2.60. The second-order valence-corrected chi connectivity index (χ2v) is 4.75. The van der Waals surface area contributed by atoms with Crippen LogP contribution in [0, 0.1) is 25.2 Å². The quantitative estimate of drug-likeness (QED) is 0.854. The van der Waals surface area contributed by atoms with Crippen molar-refractivity contribution in [2.45, 2.75) is 39.7 Å². The Bertz CT molecular complexity index is 457. The molecule has 1 amide bonds. The lowest BCUT2D eigenvalue weighted by atomic mass is 10.1. The van der Waals surface area contributed by atoms with E-state index in [-0.39, 0.29) is 11.9 Å². The van der Waals surface area contributed by atoms with E-state index in [1.807, 2.05) is 39.0 Å². The highest BCUT2D eigenvalue weighted by Crippen LogP contribution is 2.16. The summed E-state index contributed by atoms with van der Waals surface area (Å²) in [5, 5.41) is 11.2. The summed E-state index contributed by atoms with van der Waals surface area (Å²) in [5.41, 5.74) is 2.28. The van der Waals surface area contributed by atoms with Gasteiger partial charge in [-0.2, -0.15) is 5.26 Å². The Balaban J connectivity index is 2.34. The van der Waals surface area contributed by atoms with Crippen molar-refractivity contribution in [2.75, 3.05) is 6.61 Å². The van der Waals surface area contributed by atoms with Crippen LogP contribution in [-0.2, 0) is 4.79 Å². The summed E-state index contributed by atoms with van der Waals surface area (Å²) >= 11 is 0. The van der Waals surface area contributed by atoms with Gasteiger partial charge in [-0.05, 0) is 44.0 Å². The number of carbonyl (C=O) groups is 1. The molecule has 1 aromatic carbocycles. The van der Waals surface area contributed by atoms with Crippen LogP contribution in [0.5, 0.6) is 5.75 Å². The first-order chi connectivity index (χ1) is 9.01. The van der Waals surface area contributed by atoms with Gasteiger partial charge >= 0.3 is 0 Å². The van der Waals surface area contributed by atoms with E-state index < -0.39 is 0 Å². The predicted molar refractivity (Wildman–Crippen MR) is 73.9 cm³/mol. The summed E-state index contributed by atoms with van der Waals surface area (Å²) in [6.45, 7) is 6.17. The first-order valence-corrected chi connectivity index (χ1v) is 6.38. The second kappa shape index (κ2) is 7.42. The number of hydrogen-bond donors (Lipinski definition) is 1. The first-order valence-electron chi connectivity index (χ1n) is 6.38. The predicted octanol–water partition coefficient (Wildman–Crippen LogP) is 2.49. The summed E-state index contributed by atoms with van der Waals surface area (Å²) in [4.78, 5) is 11.6. The van der Waals surface area contributed by atoms with E-state index >= 15 is 0 Å². The molecule has 0 spiro atoms. The van der Waals surface area contributed by atoms with Gasteiger partial charge in [0.25, 0.3) is 0 Å². The molecule has 102 valence electrons. The van der Waals surface area contributed by atoms with Gasteiger partial charge in [0.1, 0.15) is 5.75 Å². The number of nitriles is 1. The van der Waals surface area contributed by atoms with Crippen molar-refractivity contribution < 1.29 is 9.53 Å². The van der Waals surface area contributed by atoms with Gasteiger partial charge in [0, 0.05) is 6.04 Å². The van der Waals surface area contributed by atoms with Gasteiger partial charge in [-0.25, -0.2) is 0 Å². The minimum absolute atomic E-state index is 0.0906. The van der Waals surface area contributed by atoms with Crippen molar-refractivity contribution in [2.24, 2.45) is 0 Å². The molecule has 1 atom stereocenters. The molecule has 0 fully saturated rings. The monoisotopic (exact) mass is 260 g/mol. The average Bonchev–Trinajstić information content (AvgIpc) is 2.27. The fourth-order valence-corrected chi connectivity index (χ4v) is 1.81. The fourth-order valence-electron chi connectivity index (χ4n) is 1.81. The molecular weight excluding hydrogens is 240 g/mol. The molecule has 1 unspecified atom stereocenters. The van der Waals surface area contributed by atoms with Crippen molar-refractivity contribution in [3.05, 3.63) is 29.3 Å². The zero-order valence-electron chi connectivity index (χ0n) is 11.7. The number of benzene rings is 1. The molecular formula is C15H20N2O2. The molecule has 0 saturated carbocycles. The number of nitrogens with zero attached hydrogens (tertiary/aromatic N) is 1. The highest BCUT2D eigenvalue weighted by Gasteiger charge is 2.07. The van der Waals surface area contributed by atoms with Gasteiger partial charge in [-0.15, -0.1) is 0 Å². The molecule has 4 heteroatoms. The van der Waals surface area contributed by atoms with E-state index in [2.05, 4.69) is 11.4 Å². The lowest BCUT2D eigenvalue weighted by molar-refractivity contribution is -0.122. The molecule has 0 bridgehead atoms. The van der Waals surface area contributed by atoms with Gasteiger partial charge < -0.3 is 10.1 Å². The largest absolute Gasteiger partial charge is 0.493 e. The summed E-state index contributed by atoms with van der Waals surface area (Å²) in [5.74, 6) is 0.697. The zero-order valence-corrected chi connectivity index (χ0v) is 11.7. The second-order valence-electron chi connectivity index (χ2n) is 4.75. The number of carbonyl (C=O) groups excluding carboxylic acids is 1. The van der Waals surface area contributed by atoms with E-state index in [1.54, 1.807) is 0 Å². The average molecular weight is 260 g/mol. The van der Waals surface area contributed by atoms with Crippen LogP contribution >= 0.6 is 0 Å². The van der Waals surface area contributed by atoms with Crippen molar-refractivity contribution in [3.63, 3.8) is 0 Å². The Morgan fingerprint density at radius 2 is 2.00 bits per heavy atom. The minimum atomic E-state index is -0.112. The van der Waals surface area contributed by atoms with Crippen LogP contribution in [0.1, 0.15) is 30.9 Å². The van der Waals surface area contributed by atoms with Gasteiger partial charge in [0.05, 0.1) is 25.5 Å². The maximum atomic E-state index is 11.6. The number of nitrogens with one attached hydrogen (secondary N) is 1. The van der Waals surface area contributed by atoms with Gasteiger partial charge in [0.15, 0.2) is 0 Å². The van der Waals surface area contributed by atoms with Crippen molar-refractivity contribution >= 4 is 5.91 Å². The zero-order chi connectivity index (χ0) is 14.3. The number of rotatable bonds is 6. The van der Waals surface area contributed by atoms with Crippen LogP contribution in [0.2, 0.25) is 0 Å². The molecule has 0 aliphatic carbocycles. The standard InChI is InChI=1S/C15H20N2O2/c1-11-8-12(2)10-14(9-11)19-7-5-15(18)17-13(3)4-6-16/h8-10,13H,4-5,7H2,1-3H3,(H,17,18). The number of hydrogen-bond acceptors (Lipinski definition) is 3. The molecule has 0 aliphatic heterocycles. The number of amides is 1. The highest BCUT2D eigenvalue weighted by molar-refractivity contribution is 5.76. The van der Waals surface area contributed by atoms with E-state index in [4.69, 9.17) is 10.00 Å². The SMILES string of the molecule is Cc1cc(C)cc(OCCC(=O)NC(C)CC#N)c1.